The number of hydrogen-bond acceptors (Lipinski definition) is 3. The summed E-state index contributed by atoms with van der Waals surface area (Å²) in [6.07, 6.45) is 6.82. The fraction of sp³-hybridized carbons (Fsp3) is 0.312. The van der Waals surface area contributed by atoms with Gasteiger partial charge in [-0.1, -0.05) is 13.3 Å². The molecule has 0 unspecified atom stereocenters. The van der Waals surface area contributed by atoms with Gasteiger partial charge in [0, 0.05) is 18.6 Å². The molecule has 0 saturated carbocycles. The van der Waals surface area contributed by atoms with E-state index in [0.717, 1.165) is 6.54 Å². The van der Waals surface area contributed by atoms with Gasteiger partial charge in [-0.2, -0.15) is 0 Å². The van der Waals surface area contributed by atoms with Gasteiger partial charge in [-0.15, -0.1) is 0 Å². The molecule has 1 aromatic carbocycles. The molecule has 0 radical (unpaired) electrons. The molecule has 4 nitrogen and oxygen atoms in total. The Morgan fingerprint density at radius 2 is 1.35 bits per heavy atom. The highest BCUT2D eigenvalue weighted by Crippen LogP contribution is 2.26. The van der Waals surface area contributed by atoms with Crippen LogP contribution in [0.1, 0.15) is 25.3 Å². The Kier molecular flexibility index (Phi) is 7.64. The van der Waals surface area contributed by atoms with Crippen LogP contribution in [0.4, 0.5) is 22.0 Å². The van der Waals surface area contributed by atoms with E-state index in [4.69, 9.17) is 0 Å². The first-order valence-electron chi connectivity index (χ1n) is 7.43. The first-order valence-corrected chi connectivity index (χ1v) is 8.84. The number of benzene rings is 1. The highest BCUT2D eigenvalue weighted by Gasteiger charge is 2.28. The number of aryl methyl sites for hydroxylation is 2. The third-order valence-corrected chi connectivity index (χ3v) is 4.11. The Hall–Kier alpha value is -2.07. The first kappa shape index (κ1) is 22.0. The van der Waals surface area contributed by atoms with E-state index in [-0.39, 0.29) is 0 Å². The van der Waals surface area contributed by atoms with Crippen LogP contribution in [-0.2, 0) is 16.7 Å². The Morgan fingerprint density at radius 3 is 1.73 bits per heavy atom. The zero-order chi connectivity index (χ0) is 20.1. The summed E-state index contributed by atoms with van der Waals surface area (Å²) in [7, 11) is -5.77. The summed E-state index contributed by atoms with van der Waals surface area (Å²) in [6, 6.07) is 4.30. The van der Waals surface area contributed by atoms with Crippen LogP contribution in [0.2, 0.25) is 0 Å². The molecular formula is C16H16F5NO3S. The van der Waals surface area contributed by atoms with Crippen molar-refractivity contribution in [1.29, 1.82) is 0 Å². The van der Waals surface area contributed by atoms with Crippen molar-refractivity contribution in [2.45, 2.75) is 38.1 Å². The van der Waals surface area contributed by atoms with Crippen LogP contribution in [0, 0.1) is 36.0 Å². The zero-order valence-electron chi connectivity index (χ0n) is 13.9. The molecule has 0 aliphatic rings. The lowest BCUT2D eigenvalue weighted by molar-refractivity contribution is -0.697. The number of aromatic nitrogens is 1. The van der Waals surface area contributed by atoms with Gasteiger partial charge in [0.2, 0.25) is 5.82 Å². The van der Waals surface area contributed by atoms with E-state index >= 15 is 0 Å². The van der Waals surface area contributed by atoms with Crippen LogP contribution in [0.25, 0.3) is 0 Å². The van der Waals surface area contributed by atoms with Gasteiger partial charge in [-0.05, 0) is 12.5 Å². The normalized spacial score (nSPS) is 11.1. The van der Waals surface area contributed by atoms with Gasteiger partial charge in [-0.25, -0.2) is 34.9 Å². The summed E-state index contributed by atoms with van der Waals surface area (Å²) in [5.74, 6) is -12.8. The van der Waals surface area contributed by atoms with Gasteiger partial charge in [-0.3, -0.25) is 0 Å². The second-order valence-electron chi connectivity index (χ2n) is 5.32. The minimum absolute atomic E-state index is 1.15. The molecule has 0 N–H and O–H groups in total. The lowest BCUT2D eigenvalue weighted by Crippen LogP contribution is -2.32. The summed E-state index contributed by atoms with van der Waals surface area (Å²) >= 11 is 0. The van der Waals surface area contributed by atoms with Crippen molar-refractivity contribution < 1.29 is 39.5 Å². The summed E-state index contributed by atoms with van der Waals surface area (Å²) in [4.78, 5) is -2.38. The molecule has 26 heavy (non-hydrogen) atoms. The number of nitrogens with zero attached hydrogens (tertiary/aromatic N) is 1. The van der Waals surface area contributed by atoms with E-state index in [2.05, 4.69) is 42.9 Å². The summed E-state index contributed by atoms with van der Waals surface area (Å²) in [5.41, 5.74) is 1.33. The molecule has 0 fully saturated rings. The van der Waals surface area contributed by atoms with E-state index in [0.29, 0.717) is 0 Å². The monoisotopic (exact) mass is 397 g/mol. The smallest absolute Gasteiger partial charge is 0.200 e. The number of pyridine rings is 1. The fourth-order valence-electron chi connectivity index (χ4n) is 1.83. The molecule has 0 amide bonds. The Morgan fingerprint density at radius 1 is 0.923 bits per heavy atom. The van der Waals surface area contributed by atoms with Crippen molar-refractivity contribution in [3.05, 3.63) is 59.2 Å². The molecule has 1 heterocycles. The zero-order valence-corrected chi connectivity index (χ0v) is 14.7. The second-order valence-corrected chi connectivity index (χ2v) is 6.64. The lowest BCUT2D eigenvalue weighted by atomic mass is 10.3. The van der Waals surface area contributed by atoms with Crippen molar-refractivity contribution >= 4 is 10.1 Å². The van der Waals surface area contributed by atoms with Crippen LogP contribution in [0.5, 0.6) is 0 Å². The molecule has 0 spiro atoms. The van der Waals surface area contributed by atoms with Crippen LogP contribution in [0.15, 0.2) is 29.4 Å². The highest BCUT2D eigenvalue weighted by molar-refractivity contribution is 7.85. The largest absolute Gasteiger partial charge is 0.744 e. The van der Waals surface area contributed by atoms with Crippen molar-refractivity contribution in [1.82, 2.24) is 0 Å². The Bertz CT molecular complexity index is 841. The highest BCUT2D eigenvalue weighted by atomic mass is 32.2. The van der Waals surface area contributed by atoms with Crippen molar-refractivity contribution in [2.24, 2.45) is 0 Å². The molecule has 0 atom stereocenters. The molecule has 2 aromatic rings. The molecule has 0 aliphatic heterocycles. The minimum Gasteiger partial charge on any atom is -0.744 e. The minimum atomic E-state index is -5.77. The van der Waals surface area contributed by atoms with E-state index in [1.165, 1.54) is 18.4 Å². The van der Waals surface area contributed by atoms with Gasteiger partial charge >= 0.3 is 0 Å². The topological polar surface area (TPSA) is 61.1 Å². The quantitative estimate of drug-likeness (QED) is 0.261. The average molecular weight is 397 g/mol. The predicted octanol–water partition coefficient (Wildman–Crippen LogP) is 3.37. The van der Waals surface area contributed by atoms with Crippen molar-refractivity contribution in [3.8, 4) is 0 Å². The maximum absolute atomic E-state index is 12.6. The van der Waals surface area contributed by atoms with Gasteiger partial charge in [0.25, 0.3) is 0 Å². The SMILES string of the molecule is CCCC[n+]1ccc(C)cc1.O=S(=O)([O-])c1c(F)c(F)c(F)c(F)c1F. The van der Waals surface area contributed by atoms with Crippen molar-refractivity contribution in [3.63, 3.8) is 0 Å². The number of halogens is 5. The summed E-state index contributed by atoms with van der Waals surface area (Å²) in [5, 5.41) is 0. The van der Waals surface area contributed by atoms with Gasteiger partial charge < -0.3 is 4.55 Å². The number of unbranched alkanes of at least 4 members (excludes halogenated alkanes) is 1. The molecule has 10 heteroatoms. The third kappa shape index (κ3) is 5.46. The number of hydrogen-bond donors (Lipinski definition) is 0. The van der Waals surface area contributed by atoms with Crippen molar-refractivity contribution in [2.75, 3.05) is 0 Å². The Balaban J connectivity index is 0.000000273. The standard InChI is InChI=1S/C10H16N.C6HF5O3S/c1-3-4-7-11-8-5-10(2)6-9-11;7-1-2(8)4(10)6(15(12,13)14)5(11)3(1)9/h5-6,8-9H,3-4,7H2,1-2H3;(H,12,13,14)/q+1;/p-1. The van der Waals surface area contributed by atoms with Crippen LogP contribution in [-0.4, -0.2) is 13.0 Å². The van der Waals surface area contributed by atoms with Gasteiger partial charge in [0.05, 0.1) is 0 Å². The van der Waals surface area contributed by atoms with E-state index in [1.54, 1.807) is 0 Å². The second kappa shape index (κ2) is 9.04. The predicted molar refractivity (Wildman–Crippen MR) is 80.5 cm³/mol. The van der Waals surface area contributed by atoms with E-state index in [1.807, 2.05) is 0 Å². The first-order chi connectivity index (χ1) is 12.0. The Labute approximate surface area is 147 Å². The van der Waals surface area contributed by atoms with Crippen LogP contribution in [0.3, 0.4) is 0 Å². The molecule has 0 saturated heterocycles. The van der Waals surface area contributed by atoms with Gasteiger partial charge in [0.1, 0.15) is 21.6 Å². The van der Waals surface area contributed by atoms with E-state index in [9.17, 15) is 34.9 Å². The molecule has 0 bridgehead atoms. The molecule has 1 aromatic heterocycles. The lowest BCUT2D eigenvalue weighted by Gasteiger charge is -2.10. The molecular weight excluding hydrogens is 381 g/mol. The third-order valence-electron chi connectivity index (χ3n) is 3.25. The maximum Gasteiger partial charge on any atom is 0.200 e. The summed E-state index contributed by atoms with van der Waals surface area (Å²) < 4.78 is 95.1. The molecule has 0 aliphatic carbocycles. The fourth-order valence-corrected chi connectivity index (χ4v) is 2.44. The average Bonchev–Trinajstić information content (AvgIpc) is 2.57. The maximum atomic E-state index is 12.6. The summed E-state index contributed by atoms with van der Waals surface area (Å²) in [6.45, 7) is 5.48. The molecule has 144 valence electrons. The van der Waals surface area contributed by atoms with E-state index < -0.39 is 44.1 Å². The number of rotatable bonds is 4. The van der Waals surface area contributed by atoms with Crippen LogP contribution < -0.4 is 4.57 Å². The molecule has 2 rings (SSSR count). The van der Waals surface area contributed by atoms with Gasteiger partial charge in [0.15, 0.2) is 35.7 Å². The van der Waals surface area contributed by atoms with Crippen LogP contribution >= 0.6 is 0 Å².